The summed E-state index contributed by atoms with van der Waals surface area (Å²) in [5, 5.41) is 5.99. The Hall–Kier alpha value is -3.31. The summed E-state index contributed by atoms with van der Waals surface area (Å²) in [6, 6.07) is 12.4. The van der Waals surface area contributed by atoms with Gasteiger partial charge in [-0.1, -0.05) is 12.1 Å². The van der Waals surface area contributed by atoms with Crippen LogP contribution >= 0.6 is 27.3 Å². The molecule has 1 aliphatic rings. The van der Waals surface area contributed by atoms with Gasteiger partial charge in [-0.2, -0.15) is 0 Å². The highest BCUT2D eigenvalue weighted by atomic mass is 79.9. The lowest BCUT2D eigenvalue weighted by Gasteiger charge is -2.23. The summed E-state index contributed by atoms with van der Waals surface area (Å²) in [5.74, 6) is 0.0155. The number of rotatable bonds is 4. The molecule has 0 amide bonds. The molecule has 10 heteroatoms. The molecule has 7 nitrogen and oxygen atoms in total. The van der Waals surface area contributed by atoms with Gasteiger partial charge < -0.3 is 15.8 Å². The van der Waals surface area contributed by atoms with E-state index in [1.165, 1.54) is 18.5 Å². The molecule has 5 heterocycles. The molecule has 1 fully saturated rings. The third kappa shape index (κ3) is 4.26. The van der Waals surface area contributed by atoms with E-state index in [0.29, 0.717) is 29.2 Å². The first-order valence-electron chi connectivity index (χ1n) is 11.3. The summed E-state index contributed by atoms with van der Waals surface area (Å²) in [7, 11) is 0. The highest BCUT2D eigenvalue weighted by molar-refractivity contribution is 9.10. The molecule has 6 rings (SSSR count). The van der Waals surface area contributed by atoms with Crippen molar-refractivity contribution in [1.82, 2.24) is 25.3 Å². The van der Waals surface area contributed by atoms with Gasteiger partial charge in [0.1, 0.15) is 24.1 Å². The van der Waals surface area contributed by atoms with Crippen molar-refractivity contribution >= 4 is 44.1 Å². The maximum absolute atomic E-state index is 13.9. The number of nitrogens with zero attached hydrogens (tertiary/aromatic N) is 4. The molecule has 1 unspecified atom stereocenters. The summed E-state index contributed by atoms with van der Waals surface area (Å²) in [4.78, 5) is 19.3. The number of aromatic nitrogens is 4. The van der Waals surface area contributed by atoms with Crippen molar-refractivity contribution in [3.8, 4) is 32.8 Å². The van der Waals surface area contributed by atoms with Crippen LogP contribution in [0.3, 0.4) is 0 Å². The molecule has 0 spiro atoms. The molecule has 4 aromatic heterocycles. The fraction of sp³-hybridized carbons (Fsp3) is 0.154. The van der Waals surface area contributed by atoms with Crippen LogP contribution in [0.4, 0.5) is 10.2 Å². The van der Waals surface area contributed by atoms with Crippen LogP contribution in [0.5, 0.6) is 0 Å². The van der Waals surface area contributed by atoms with Gasteiger partial charge in [0.25, 0.3) is 0 Å². The number of nitrogen functional groups attached to an aromatic ring is 1. The average Bonchev–Trinajstić information content (AvgIpc) is 3.35. The molecule has 1 atom stereocenters. The van der Waals surface area contributed by atoms with E-state index in [0.717, 1.165) is 50.4 Å². The molecule has 1 aromatic carbocycles. The number of ether oxygens (including phenoxy) is 1. The van der Waals surface area contributed by atoms with E-state index in [1.54, 1.807) is 29.7 Å². The minimum absolute atomic E-state index is 0.0968. The van der Waals surface area contributed by atoms with E-state index in [4.69, 9.17) is 20.4 Å². The predicted molar refractivity (Wildman–Crippen MR) is 143 cm³/mol. The molecular weight excluding hydrogens is 543 g/mol. The Morgan fingerprint density at radius 2 is 1.89 bits per heavy atom. The molecule has 1 aliphatic heterocycles. The molecule has 36 heavy (non-hydrogen) atoms. The lowest BCUT2D eigenvalue weighted by molar-refractivity contribution is 0.0250. The smallest absolute Gasteiger partial charge is 0.165 e. The Kier molecular flexibility index (Phi) is 6.18. The van der Waals surface area contributed by atoms with E-state index < -0.39 is 0 Å². The molecule has 180 valence electrons. The fourth-order valence-electron chi connectivity index (χ4n) is 4.41. The van der Waals surface area contributed by atoms with Gasteiger partial charge in [0.2, 0.25) is 0 Å². The van der Waals surface area contributed by atoms with Gasteiger partial charge >= 0.3 is 0 Å². The van der Waals surface area contributed by atoms with Crippen molar-refractivity contribution in [3.05, 3.63) is 76.4 Å². The quantitative estimate of drug-likeness (QED) is 0.293. The predicted octanol–water partition coefficient (Wildman–Crippen LogP) is 5.63. The maximum atomic E-state index is 13.9. The lowest BCUT2D eigenvalue weighted by atomic mass is 9.92. The molecule has 0 aliphatic carbocycles. The van der Waals surface area contributed by atoms with Gasteiger partial charge in [-0.25, -0.2) is 19.3 Å². The monoisotopic (exact) mass is 562 g/mol. The zero-order valence-corrected chi connectivity index (χ0v) is 21.3. The van der Waals surface area contributed by atoms with E-state index in [9.17, 15) is 4.39 Å². The van der Waals surface area contributed by atoms with Gasteiger partial charge in [0.05, 0.1) is 23.4 Å². The Morgan fingerprint density at radius 1 is 1.06 bits per heavy atom. The second-order valence-corrected chi connectivity index (χ2v) is 10.2. The number of morpholine rings is 1. The Morgan fingerprint density at radius 3 is 2.58 bits per heavy atom. The SMILES string of the molecule is Nc1ncnc2nc(-c3ccc(C4CNCCO4)nc3)c(-c3ccc(F)cc3)c(-c3cc(Br)cs3)c12. The van der Waals surface area contributed by atoms with E-state index >= 15 is 0 Å². The third-order valence-corrected chi connectivity index (χ3v) is 7.78. The normalized spacial score (nSPS) is 15.9. The summed E-state index contributed by atoms with van der Waals surface area (Å²) >= 11 is 5.13. The zero-order chi connectivity index (χ0) is 24.6. The van der Waals surface area contributed by atoms with Crippen LogP contribution in [-0.4, -0.2) is 39.6 Å². The number of benzene rings is 1. The first kappa shape index (κ1) is 23.1. The van der Waals surface area contributed by atoms with Crippen LogP contribution in [0.25, 0.3) is 43.9 Å². The van der Waals surface area contributed by atoms with Gasteiger partial charge in [-0.15, -0.1) is 11.3 Å². The van der Waals surface area contributed by atoms with Crippen LogP contribution in [0.15, 0.2) is 64.8 Å². The zero-order valence-electron chi connectivity index (χ0n) is 18.9. The minimum Gasteiger partial charge on any atom is -0.383 e. The topological polar surface area (TPSA) is 98.8 Å². The number of anilines is 1. The van der Waals surface area contributed by atoms with Crippen molar-refractivity contribution in [2.45, 2.75) is 6.10 Å². The summed E-state index contributed by atoms with van der Waals surface area (Å²) in [6.07, 6.45) is 3.11. The maximum Gasteiger partial charge on any atom is 0.165 e. The average molecular weight is 563 g/mol. The first-order chi connectivity index (χ1) is 17.6. The third-order valence-electron chi connectivity index (χ3n) is 6.08. The first-order valence-corrected chi connectivity index (χ1v) is 13.0. The van der Waals surface area contributed by atoms with Crippen LogP contribution < -0.4 is 11.1 Å². The van der Waals surface area contributed by atoms with Gasteiger partial charge in [-0.05, 0) is 51.8 Å². The number of hydrogen-bond donors (Lipinski definition) is 2. The van der Waals surface area contributed by atoms with Crippen LogP contribution in [-0.2, 0) is 4.74 Å². The number of nitrogens with one attached hydrogen (secondary N) is 1. The molecule has 1 saturated heterocycles. The second kappa shape index (κ2) is 9.62. The number of pyridine rings is 2. The highest BCUT2D eigenvalue weighted by Gasteiger charge is 2.24. The van der Waals surface area contributed by atoms with Crippen LogP contribution in [0, 0.1) is 5.82 Å². The molecule has 0 radical (unpaired) electrons. The Bertz CT molecular complexity index is 1550. The molecular formula is C26H20BrFN6OS. The minimum atomic E-state index is -0.315. The van der Waals surface area contributed by atoms with Crippen molar-refractivity contribution in [1.29, 1.82) is 0 Å². The van der Waals surface area contributed by atoms with E-state index in [2.05, 4.69) is 31.2 Å². The van der Waals surface area contributed by atoms with Gasteiger partial charge in [-0.3, -0.25) is 4.98 Å². The number of fused-ring (bicyclic) bond motifs is 1. The Labute approximate surface area is 218 Å². The van der Waals surface area contributed by atoms with Crippen molar-refractivity contribution in [2.75, 3.05) is 25.4 Å². The lowest BCUT2D eigenvalue weighted by Crippen LogP contribution is -2.33. The van der Waals surface area contributed by atoms with Crippen LogP contribution in [0.1, 0.15) is 11.8 Å². The molecule has 5 aromatic rings. The summed E-state index contributed by atoms with van der Waals surface area (Å²) in [5.41, 5.74) is 11.6. The standard InChI is InChI=1S/C26H20BrFN6OS/c27-16-9-20(36-12-16)22-21(14-1-4-17(28)5-2-14)24(34-26-23(22)25(29)32-13-33-26)15-3-6-18(31-10-15)19-11-30-7-8-35-19/h1-6,9-10,12-13,19,30H,7-8,11H2,(H2,29,32,33,34). The van der Waals surface area contributed by atoms with Gasteiger partial charge in [0.15, 0.2) is 5.65 Å². The number of nitrogens with two attached hydrogens (primary N) is 1. The number of halogens is 2. The Balaban J connectivity index is 1.63. The molecule has 0 bridgehead atoms. The number of hydrogen-bond acceptors (Lipinski definition) is 8. The molecule has 3 N–H and O–H groups in total. The van der Waals surface area contributed by atoms with Crippen LogP contribution in [0.2, 0.25) is 0 Å². The van der Waals surface area contributed by atoms with E-state index in [1.807, 2.05) is 23.6 Å². The number of thiophene rings is 1. The summed E-state index contributed by atoms with van der Waals surface area (Å²) in [6.45, 7) is 2.20. The van der Waals surface area contributed by atoms with Crippen molar-refractivity contribution in [2.24, 2.45) is 0 Å². The van der Waals surface area contributed by atoms with Crippen molar-refractivity contribution in [3.63, 3.8) is 0 Å². The second-order valence-electron chi connectivity index (χ2n) is 8.34. The van der Waals surface area contributed by atoms with Gasteiger partial charge in [0, 0.05) is 50.7 Å². The molecule has 0 saturated carbocycles. The van der Waals surface area contributed by atoms with Crippen molar-refractivity contribution < 1.29 is 9.13 Å². The summed E-state index contributed by atoms with van der Waals surface area (Å²) < 4.78 is 20.7. The highest BCUT2D eigenvalue weighted by Crippen LogP contribution is 2.46. The fourth-order valence-corrected chi connectivity index (χ4v) is 5.89. The van der Waals surface area contributed by atoms with E-state index in [-0.39, 0.29) is 11.9 Å². The largest absolute Gasteiger partial charge is 0.383 e.